The third-order valence-electron chi connectivity index (χ3n) is 18.4. The summed E-state index contributed by atoms with van der Waals surface area (Å²) in [5.74, 6) is -0.526. The number of hydrogen-bond donors (Lipinski definition) is 7. The molecule has 7 N–H and O–H groups in total. The van der Waals surface area contributed by atoms with Gasteiger partial charge in [-0.1, -0.05) is 160 Å². The first-order chi connectivity index (χ1) is 49.4. The van der Waals surface area contributed by atoms with Gasteiger partial charge in [0, 0.05) is 49.8 Å². The number of ether oxygens (including phenoxy) is 21. The standard InChI is InChI=1S/C67H99Br7O28/c1-8-18-82-54-41(75)33-17-15-16-25-89-61-55(83-19-9-2)42(76)48(35(27-69)91-61)98-63-57(85-21-11-4)44(78)50(37(29-71)93-63)100-65-59(87-23-13-6)46(80)52(39(31-73)95-65)102-67-60(88-24-14-7)47(81)53(40(32-74)96-67)101-66-58(86-22-12-5)45(79)51(38(30-72)94-66)99-64-56(84-20-10-3)43(77)49(36(28-70)92-64)97-62(54)90-34(33)26-68/h8-14,33-67,75-81H,1-7,15-32H2/t33-,34?,35?,36?,37?,38?,39?,40?,41-,42-,43-,44-,45-,46-,47-,48-,49-,50-,51-,52-,53-,54?,55?,56?,57?,58?,59?,60?,61+,62-,63-,64-,65-,66-,67-/m0/s1. The molecule has 24 aliphatic rings. The molecule has 102 heavy (non-hydrogen) atoms. The summed E-state index contributed by atoms with van der Waals surface area (Å²) in [5.41, 5.74) is 0. The Morgan fingerprint density at radius 2 is 0.461 bits per heavy atom. The molecule has 14 bridgehead atoms. The molecular weight excluding hydrogens is 1810 g/mol. The summed E-state index contributed by atoms with van der Waals surface area (Å²) in [6, 6.07) is 0. The van der Waals surface area contributed by atoms with Gasteiger partial charge >= 0.3 is 0 Å². The Bertz CT molecular complexity index is 2540. The molecule has 0 aromatic rings. The van der Waals surface area contributed by atoms with Crippen molar-refractivity contribution in [1.29, 1.82) is 0 Å². The van der Waals surface area contributed by atoms with Crippen molar-refractivity contribution in [2.75, 3.05) is 90.2 Å². The zero-order valence-corrected chi connectivity index (χ0v) is 67.4. The van der Waals surface area contributed by atoms with E-state index in [2.05, 4.69) is 158 Å². The molecule has 35 heteroatoms. The largest absolute Gasteiger partial charge is 0.390 e. The molecular formula is C67H99Br7O28. The molecule has 35 atom stereocenters. The molecule has 0 spiro atoms. The fourth-order valence-corrected chi connectivity index (χ4v) is 17.3. The van der Waals surface area contributed by atoms with Crippen molar-refractivity contribution < 1.29 is 135 Å². The number of fused-ring (bicyclic) bond motifs is 1. The number of halogens is 7. The van der Waals surface area contributed by atoms with Crippen molar-refractivity contribution in [3.8, 4) is 0 Å². The Balaban J connectivity index is 1.15. The topological polar surface area (TPSA) is 335 Å². The Kier molecular flexibility index (Phi) is 38.5. The number of alkyl halides is 7. The average molecular weight is 1910 g/mol. The van der Waals surface area contributed by atoms with Crippen molar-refractivity contribution in [2.45, 2.75) is 228 Å². The summed E-state index contributed by atoms with van der Waals surface area (Å²) in [5, 5.41) is 88.2. The Morgan fingerprint density at radius 3 is 0.676 bits per heavy atom. The van der Waals surface area contributed by atoms with E-state index < -0.39 is 215 Å². The van der Waals surface area contributed by atoms with E-state index in [0.29, 0.717) is 19.3 Å². The van der Waals surface area contributed by atoms with Crippen LogP contribution in [0.3, 0.4) is 0 Å². The molecule has 24 aliphatic heterocycles. The predicted octanol–water partition coefficient (Wildman–Crippen LogP) is 4.48. The number of aliphatic hydroxyl groups is 7. The van der Waals surface area contributed by atoms with Crippen LogP contribution in [0.1, 0.15) is 19.3 Å². The van der Waals surface area contributed by atoms with E-state index in [1.165, 1.54) is 42.5 Å². The molecule has 0 radical (unpaired) electrons. The van der Waals surface area contributed by atoms with Crippen LogP contribution in [0.4, 0.5) is 0 Å². The summed E-state index contributed by atoms with van der Waals surface area (Å²) >= 11 is 24.9. The van der Waals surface area contributed by atoms with Crippen molar-refractivity contribution in [3.05, 3.63) is 88.6 Å². The van der Waals surface area contributed by atoms with Gasteiger partial charge in [-0.2, -0.15) is 0 Å². The van der Waals surface area contributed by atoms with Gasteiger partial charge in [-0.15, -0.1) is 46.1 Å². The fraction of sp³-hybridized carbons (Fsp3) is 0.791. The summed E-state index contributed by atoms with van der Waals surface area (Å²) in [4.78, 5) is 0. The van der Waals surface area contributed by atoms with Gasteiger partial charge in [-0.3, -0.25) is 0 Å². The third kappa shape index (κ3) is 21.6. The van der Waals surface area contributed by atoms with Gasteiger partial charge in [0.05, 0.1) is 95.1 Å². The predicted molar refractivity (Wildman–Crippen MR) is 391 cm³/mol. The van der Waals surface area contributed by atoms with E-state index >= 15 is 0 Å². The summed E-state index contributed by atoms with van der Waals surface area (Å²) in [6.07, 6.45) is -32.1. The Labute approximate surface area is 654 Å². The molecule has 24 saturated heterocycles. The minimum Gasteiger partial charge on any atom is -0.390 e. The zero-order valence-electron chi connectivity index (χ0n) is 56.3. The average Bonchev–Trinajstić information content (AvgIpc) is 0.773. The molecule has 584 valence electrons. The highest BCUT2D eigenvalue weighted by Gasteiger charge is 2.60. The van der Waals surface area contributed by atoms with Crippen LogP contribution >= 0.6 is 112 Å². The first-order valence-corrected chi connectivity index (χ1v) is 41.7. The SMILES string of the molecule is C=CCOC1[C@H]2OC(CBr)[C@H](CCCCO[C@@H]3OC(CBr)[C@H](O[C@@H]4OC(CBr)[C@H](O[C@@H]5OC(CBr)[C@H](O[C@@H]6OC(CBr)[C@H](O[C@@H]7OC(CBr)[C@H](O[C@@H]8OC(CBr)[C@H](O2)[C@H](O)C8OCC=C)[C@H](O)C7OCC=C)[C@H](O)C6OCC=C)[C@H](O)C5OCC=C)[C@H](O)C4OCC=C)[C@H](O)C3OCC=C)[C@@H]1O. The molecule has 0 amide bonds. The van der Waals surface area contributed by atoms with Crippen molar-refractivity contribution >= 4 is 112 Å². The third-order valence-corrected chi connectivity index (χ3v) is 22.9. The highest BCUT2D eigenvalue weighted by molar-refractivity contribution is 9.10. The smallest absolute Gasteiger partial charge is 0.187 e. The first-order valence-electron chi connectivity index (χ1n) is 33.8. The molecule has 28 nitrogen and oxygen atoms in total. The van der Waals surface area contributed by atoms with Gasteiger partial charge in [0.2, 0.25) is 0 Å². The maximum Gasteiger partial charge on any atom is 0.187 e. The van der Waals surface area contributed by atoms with Gasteiger partial charge in [-0.25, -0.2) is 0 Å². The summed E-state index contributed by atoms with van der Waals surface area (Å²) in [6.45, 7) is 26.3. The summed E-state index contributed by atoms with van der Waals surface area (Å²) in [7, 11) is 0. The lowest BCUT2D eigenvalue weighted by molar-refractivity contribution is -0.395. The van der Waals surface area contributed by atoms with E-state index in [-0.39, 0.29) is 90.2 Å². The first kappa shape index (κ1) is 88.0. The molecule has 24 heterocycles. The lowest BCUT2D eigenvalue weighted by Crippen LogP contribution is -2.68. The van der Waals surface area contributed by atoms with E-state index in [1.54, 1.807) is 0 Å². The molecule has 0 aromatic carbocycles. The molecule has 0 saturated carbocycles. The van der Waals surface area contributed by atoms with E-state index in [1.807, 2.05) is 0 Å². The maximum atomic E-state index is 12.6. The molecule has 0 aromatic heterocycles. The van der Waals surface area contributed by atoms with Crippen LogP contribution in [0.2, 0.25) is 0 Å². The highest BCUT2D eigenvalue weighted by Crippen LogP contribution is 2.42. The second kappa shape index (κ2) is 44.6. The van der Waals surface area contributed by atoms with Gasteiger partial charge in [0.15, 0.2) is 44.0 Å². The normalized spacial score (nSPS) is 44.9. The van der Waals surface area contributed by atoms with E-state index in [9.17, 15) is 35.7 Å². The quantitative estimate of drug-likeness (QED) is 0.0419. The number of hydrogen-bond acceptors (Lipinski definition) is 28. The van der Waals surface area contributed by atoms with Gasteiger partial charge in [-0.05, 0) is 12.8 Å². The van der Waals surface area contributed by atoms with Crippen molar-refractivity contribution in [2.24, 2.45) is 5.92 Å². The number of aliphatic hydroxyl groups excluding tert-OH is 7. The van der Waals surface area contributed by atoms with Crippen LogP contribution in [-0.2, 0) is 99.5 Å². The summed E-state index contributed by atoms with van der Waals surface area (Å²) < 4.78 is 137. The second-order valence-corrected chi connectivity index (χ2v) is 29.6. The molecule has 24 rings (SSSR count). The van der Waals surface area contributed by atoms with Gasteiger partial charge < -0.3 is 135 Å². The van der Waals surface area contributed by atoms with E-state index in [4.69, 9.17) is 99.5 Å². The Hall–Kier alpha value is 0.420. The van der Waals surface area contributed by atoms with Crippen LogP contribution in [0.15, 0.2) is 88.6 Å². The van der Waals surface area contributed by atoms with E-state index in [0.717, 1.165) is 0 Å². The molecule has 0 aliphatic carbocycles. The second-order valence-electron chi connectivity index (χ2n) is 25.1. The highest BCUT2D eigenvalue weighted by atomic mass is 79.9. The van der Waals surface area contributed by atoms with Crippen LogP contribution in [0.5, 0.6) is 0 Å². The van der Waals surface area contributed by atoms with Crippen molar-refractivity contribution in [1.82, 2.24) is 0 Å². The lowest BCUT2D eigenvalue weighted by Gasteiger charge is -2.51. The maximum absolute atomic E-state index is 12.6. The van der Waals surface area contributed by atoms with Crippen molar-refractivity contribution in [3.63, 3.8) is 0 Å². The van der Waals surface area contributed by atoms with Crippen LogP contribution in [-0.4, -0.2) is 335 Å². The molecule has 24 fully saturated rings. The Morgan fingerprint density at radius 1 is 0.265 bits per heavy atom. The lowest BCUT2D eigenvalue weighted by atomic mass is 9.85. The minimum atomic E-state index is -1.61. The van der Waals surface area contributed by atoms with Crippen LogP contribution < -0.4 is 0 Å². The zero-order chi connectivity index (χ0) is 73.7. The van der Waals surface area contributed by atoms with Crippen LogP contribution in [0.25, 0.3) is 0 Å². The minimum absolute atomic E-state index is 0.00304. The van der Waals surface area contributed by atoms with Gasteiger partial charge in [0.1, 0.15) is 116 Å². The fourth-order valence-electron chi connectivity index (χ4n) is 13.5. The molecule has 14 unspecified atom stereocenters. The van der Waals surface area contributed by atoms with Gasteiger partial charge in [0.25, 0.3) is 0 Å². The number of rotatable bonds is 28. The van der Waals surface area contributed by atoms with Crippen LogP contribution in [0, 0.1) is 5.92 Å². The monoisotopic (exact) mass is 1900 g/mol.